The molecule has 0 aromatic carbocycles. The van der Waals surface area contributed by atoms with Crippen molar-refractivity contribution >= 4 is 11.9 Å². The van der Waals surface area contributed by atoms with Crippen molar-refractivity contribution in [3.05, 3.63) is 12.2 Å². The number of amides is 1. The second-order valence-electron chi connectivity index (χ2n) is 6.94. The summed E-state index contributed by atoms with van der Waals surface area (Å²) in [4.78, 5) is 20.9. The Morgan fingerprint density at radius 1 is 1.39 bits per heavy atom. The van der Waals surface area contributed by atoms with E-state index in [9.17, 15) is 4.79 Å². The van der Waals surface area contributed by atoms with Gasteiger partial charge >= 0.3 is 0 Å². The molecule has 1 atom stereocenters. The predicted octanol–water partition coefficient (Wildman–Crippen LogP) is 0.765. The summed E-state index contributed by atoms with van der Waals surface area (Å²) < 4.78 is 7.72. The number of aromatic nitrogens is 3. The van der Waals surface area contributed by atoms with Crippen molar-refractivity contribution in [1.82, 2.24) is 29.9 Å². The fourth-order valence-corrected chi connectivity index (χ4v) is 3.27. The van der Waals surface area contributed by atoms with Gasteiger partial charge in [0.05, 0.1) is 19.2 Å². The summed E-state index contributed by atoms with van der Waals surface area (Å²) in [5.74, 6) is 1.79. The van der Waals surface area contributed by atoms with E-state index in [1.165, 1.54) is 0 Å². The van der Waals surface area contributed by atoms with E-state index in [2.05, 4.69) is 22.4 Å². The number of likely N-dealkylation sites (N-methyl/N-ethyl adjacent to an activating group) is 2. The van der Waals surface area contributed by atoms with Gasteiger partial charge in [0.2, 0.25) is 5.91 Å². The number of guanidine groups is 1. The Bertz CT molecular complexity index is 622. The minimum absolute atomic E-state index is 0.103. The molecule has 1 unspecified atom stereocenters. The van der Waals surface area contributed by atoms with Crippen LogP contribution in [0.25, 0.3) is 0 Å². The average Bonchev–Trinajstić information content (AvgIpc) is 3.36. The smallest absolute Gasteiger partial charge is 0.242 e. The summed E-state index contributed by atoms with van der Waals surface area (Å²) >= 11 is 0. The maximum atomic E-state index is 12.5. The third-order valence-corrected chi connectivity index (χ3v) is 4.97. The van der Waals surface area contributed by atoms with Crippen molar-refractivity contribution in [2.75, 3.05) is 46.4 Å². The van der Waals surface area contributed by atoms with E-state index in [4.69, 9.17) is 9.73 Å². The topological polar surface area (TPSA) is 87.9 Å². The van der Waals surface area contributed by atoms with Crippen LogP contribution < -0.4 is 5.32 Å². The molecule has 1 aliphatic heterocycles. The van der Waals surface area contributed by atoms with Crippen molar-refractivity contribution < 1.29 is 9.53 Å². The van der Waals surface area contributed by atoms with Crippen molar-refractivity contribution in [2.45, 2.75) is 52.7 Å². The molecule has 0 bridgehead atoms. The van der Waals surface area contributed by atoms with Crippen LogP contribution in [0.1, 0.15) is 39.4 Å². The van der Waals surface area contributed by atoms with Gasteiger partial charge in [-0.1, -0.05) is 6.92 Å². The first-order valence-corrected chi connectivity index (χ1v) is 10.3. The first kappa shape index (κ1) is 22.1. The number of nitrogens with zero attached hydrogens (tertiary/aromatic N) is 6. The van der Waals surface area contributed by atoms with Gasteiger partial charge in [0, 0.05) is 46.3 Å². The normalized spacial score (nSPS) is 17.0. The van der Waals surface area contributed by atoms with Crippen molar-refractivity contribution in [2.24, 2.45) is 4.99 Å². The number of rotatable bonds is 10. The van der Waals surface area contributed by atoms with E-state index in [0.717, 1.165) is 44.2 Å². The van der Waals surface area contributed by atoms with Crippen LogP contribution in [-0.2, 0) is 22.5 Å². The summed E-state index contributed by atoms with van der Waals surface area (Å²) in [5.41, 5.74) is 0. The van der Waals surface area contributed by atoms with Gasteiger partial charge in [-0.2, -0.15) is 0 Å². The summed E-state index contributed by atoms with van der Waals surface area (Å²) in [6, 6.07) is 0. The molecule has 0 spiro atoms. The Morgan fingerprint density at radius 2 is 2.18 bits per heavy atom. The maximum Gasteiger partial charge on any atom is 0.242 e. The zero-order valence-electron chi connectivity index (χ0n) is 17.7. The van der Waals surface area contributed by atoms with Gasteiger partial charge in [0.15, 0.2) is 5.96 Å². The minimum atomic E-state index is 0.103. The summed E-state index contributed by atoms with van der Waals surface area (Å²) in [6.45, 7) is 10.6. The molecule has 0 saturated carbocycles. The first-order chi connectivity index (χ1) is 13.6. The van der Waals surface area contributed by atoms with E-state index in [1.54, 1.807) is 6.33 Å². The lowest BCUT2D eigenvalue weighted by atomic mass is 10.2. The number of hydrogen-bond donors (Lipinski definition) is 1. The molecule has 158 valence electrons. The second-order valence-corrected chi connectivity index (χ2v) is 6.94. The minimum Gasteiger partial charge on any atom is -0.376 e. The van der Waals surface area contributed by atoms with Crippen LogP contribution in [0.4, 0.5) is 0 Å². The van der Waals surface area contributed by atoms with E-state index < -0.39 is 0 Å². The van der Waals surface area contributed by atoms with E-state index in [1.807, 2.05) is 35.3 Å². The fraction of sp³-hybridized carbons (Fsp3) is 0.789. The summed E-state index contributed by atoms with van der Waals surface area (Å²) in [6.07, 6.45) is 4.90. The molecule has 1 aromatic rings. The zero-order chi connectivity index (χ0) is 20.4. The average molecular weight is 394 g/mol. The molecule has 1 saturated heterocycles. The van der Waals surface area contributed by atoms with Gasteiger partial charge in [-0.3, -0.25) is 9.79 Å². The van der Waals surface area contributed by atoms with Crippen molar-refractivity contribution in [1.29, 1.82) is 0 Å². The summed E-state index contributed by atoms with van der Waals surface area (Å²) in [5, 5.41) is 11.5. The standard InChI is InChI=1S/C19H35N7O2/c1-5-17-23-22-15-26(17)11-10-20-19(21-13-16-9-8-12-28-16)24(4)14-18(27)25(6-2)7-3/h15-16H,5-14H2,1-4H3,(H,20,21). The van der Waals surface area contributed by atoms with Gasteiger partial charge in [-0.15, -0.1) is 10.2 Å². The zero-order valence-corrected chi connectivity index (χ0v) is 17.7. The van der Waals surface area contributed by atoms with Gasteiger partial charge in [0.25, 0.3) is 0 Å². The number of nitrogens with one attached hydrogen (secondary N) is 1. The van der Waals surface area contributed by atoms with Crippen LogP contribution in [0.2, 0.25) is 0 Å². The first-order valence-electron chi connectivity index (χ1n) is 10.3. The number of aryl methyl sites for hydroxylation is 1. The van der Waals surface area contributed by atoms with Gasteiger partial charge in [-0.05, 0) is 26.7 Å². The van der Waals surface area contributed by atoms with Crippen LogP contribution in [0.3, 0.4) is 0 Å². The highest BCUT2D eigenvalue weighted by Gasteiger charge is 2.18. The lowest BCUT2D eigenvalue weighted by Gasteiger charge is -2.26. The quantitative estimate of drug-likeness (QED) is 0.467. The molecule has 2 heterocycles. The Hall–Kier alpha value is -2.16. The molecular weight excluding hydrogens is 358 g/mol. The van der Waals surface area contributed by atoms with Crippen LogP contribution in [-0.4, -0.2) is 88.9 Å². The van der Waals surface area contributed by atoms with Crippen molar-refractivity contribution in [3.63, 3.8) is 0 Å². The maximum absolute atomic E-state index is 12.5. The number of aliphatic imine (C=N–C) groups is 1. The molecule has 9 nitrogen and oxygen atoms in total. The number of carbonyl (C=O) groups is 1. The third-order valence-electron chi connectivity index (χ3n) is 4.97. The van der Waals surface area contributed by atoms with Gasteiger partial charge in [0.1, 0.15) is 12.2 Å². The molecule has 1 N–H and O–H groups in total. The Kier molecular flexibility index (Phi) is 9.19. The van der Waals surface area contributed by atoms with Crippen LogP contribution >= 0.6 is 0 Å². The lowest BCUT2D eigenvalue weighted by molar-refractivity contribution is -0.131. The van der Waals surface area contributed by atoms with Gasteiger partial charge in [-0.25, -0.2) is 0 Å². The number of carbonyl (C=O) groups excluding carboxylic acids is 1. The molecule has 2 rings (SSSR count). The second kappa shape index (κ2) is 11.6. The van der Waals surface area contributed by atoms with E-state index in [0.29, 0.717) is 32.7 Å². The Morgan fingerprint density at radius 3 is 2.82 bits per heavy atom. The molecule has 0 aliphatic carbocycles. The molecular formula is C19H35N7O2. The highest BCUT2D eigenvalue weighted by atomic mass is 16.5. The molecule has 0 radical (unpaired) electrons. The van der Waals surface area contributed by atoms with E-state index in [-0.39, 0.29) is 12.0 Å². The number of hydrogen-bond acceptors (Lipinski definition) is 5. The Labute approximate surface area is 168 Å². The van der Waals surface area contributed by atoms with Crippen LogP contribution in [0, 0.1) is 0 Å². The Balaban J connectivity index is 1.96. The highest BCUT2D eigenvalue weighted by Crippen LogP contribution is 2.12. The molecule has 1 amide bonds. The lowest BCUT2D eigenvalue weighted by Crippen LogP contribution is -2.46. The molecule has 1 fully saturated rings. The fourth-order valence-electron chi connectivity index (χ4n) is 3.27. The van der Waals surface area contributed by atoms with Crippen LogP contribution in [0.5, 0.6) is 0 Å². The summed E-state index contributed by atoms with van der Waals surface area (Å²) in [7, 11) is 1.90. The molecule has 9 heteroatoms. The third kappa shape index (κ3) is 6.47. The van der Waals surface area contributed by atoms with E-state index >= 15 is 0 Å². The highest BCUT2D eigenvalue weighted by molar-refractivity contribution is 5.86. The number of ether oxygens (including phenoxy) is 1. The SMILES string of the molecule is CCc1nncn1CCNC(=NCC1CCCO1)N(C)CC(=O)N(CC)CC. The molecule has 1 aromatic heterocycles. The monoisotopic (exact) mass is 393 g/mol. The van der Waals surface area contributed by atoms with Crippen molar-refractivity contribution in [3.8, 4) is 0 Å². The largest absolute Gasteiger partial charge is 0.376 e. The predicted molar refractivity (Wildman–Crippen MR) is 109 cm³/mol. The van der Waals surface area contributed by atoms with Crippen LogP contribution in [0.15, 0.2) is 11.3 Å². The molecule has 1 aliphatic rings. The van der Waals surface area contributed by atoms with Gasteiger partial charge < -0.3 is 24.4 Å². The molecule has 28 heavy (non-hydrogen) atoms.